The number of halogens is 1. The third-order valence-electron chi connectivity index (χ3n) is 3.56. The average molecular weight is 502 g/mol. The van der Waals surface area contributed by atoms with Crippen molar-refractivity contribution in [3.05, 3.63) is 57.7 Å². The van der Waals surface area contributed by atoms with E-state index in [4.69, 9.17) is 4.74 Å². The van der Waals surface area contributed by atoms with Crippen LogP contribution in [0.4, 0.5) is 5.69 Å². The summed E-state index contributed by atoms with van der Waals surface area (Å²) in [5.74, 6) is 0.350. The molecule has 0 atom stereocenters. The van der Waals surface area contributed by atoms with Crippen LogP contribution in [-0.2, 0) is 21.4 Å². The van der Waals surface area contributed by atoms with Crippen molar-refractivity contribution in [3.8, 4) is 5.75 Å². The lowest BCUT2D eigenvalue weighted by atomic mass is 10.2. The van der Waals surface area contributed by atoms with E-state index < -0.39 is 10.0 Å². The van der Waals surface area contributed by atoms with E-state index in [0.717, 1.165) is 25.4 Å². The molecule has 27 heavy (non-hydrogen) atoms. The fourth-order valence-electron chi connectivity index (χ4n) is 2.40. The van der Waals surface area contributed by atoms with Crippen molar-refractivity contribution >= 4 is 44.2 Å². The molecule has 0 heterocycles. The predicted octanol–water partition coefficient (Wildman–Crippen LogP) is 3.16. The summed E-state index contributed by atoms with van der Waals surface area (Å²) in [7, 11) is -3.58. The van der Waals surface area contributed by atoms with Gasteiger partial charge in [-0.05, 0) is 78.4 Å². The molecule has 1 N–H and O–H groups in total. The zero-order valence-corrected chi connectivity index (χ0v) is 18.5. The Morgan fingerprint density at radius 1 is 1.19 bits per heavy atom. The number of anilines is 1. The highest BCUT2D eigenvalue weighted by atomic mass is 127. The van der Waals surface area contributed by atoms with Crippen LogP contribution in [0.3, 0.4) is 0 Å². The number of carbonyl (C=O) groups is 1. The van der Waals surface area contributed by atoms with Gasteiger partial charge in [0.2, 0.25) is 15.9 Å². The highest BCUT2D eigenvalue weighted by molar-refractivity contribution is 14.1. The van der Waals surface area contributed by atoms with Crippen molar-refractivity contribution < 1.29 is 17.9 Å². The standard InChI is InChI=1S/C19H23IN2O4S/c1-14(2)26-18-6-4-5-15(11-18)12-21-19(23)13-22(27(3,24)25)17-9-7-16(20)8-10-17/h4-11,14H,12-13H2,1-3H3,(H,21,23). The Morgan fingerprint density at radius 2 is 1.85 bits per heavy atom. The van der Waals surface area contributed by atoms with Gasteiger partial charge in [-0.25, -0.2) is 8.42 Å². The molecule has 0 aliphatic heterocycles. The summed E-state index contributed by atoms with van der Waals surface area (Å²) in [6, 6.07) is 14.4. The quantitative estimate of drug-likeness (QED) is 0.563. The van der Waals surface area contributed by atoms with Gasteiger partial charge >= 0.3 is 0 Å². The summed E-state index contributed by atoms with van der Waals surface area (Å²) >= 11 is 2.14. The number of hydrogen-bond acceptors (Lipinski definition) is 4. The van der Waals surface area contributed by atoms with Crippen molar-refractivity contribution in [3.63, 3.8) is 0 Å². The topological polar surface area (TPSA) is 75.7 Å². The van der Waals surface area contributed by atoms with Crippen LogP contribution in [0.2, 0.25) is 0 Å². The van der Waals surface area contributed by atoms with Gasteiger partial charge in [-0.3, -0.25) is 9.10 Å². The van der Waals surface area contributed by atoms with E-state index >= 15 is 0 Å². The van der Waals surface area contributed by atoms with Crippen LogP contribution in [0, 0.1) is 3.57 Å². The van der Waals surface area contributed by atoms with E-state index in [-0.39, 0.29) is 18.6 Å². The van der Waals surface area contributed by atoms with Gasteiger partial charge in [-0.1, -0.05) is 12.1 Å². The van der Waals surface area contributed by atoms with Crippen molar-refractivity contribution in [2.45, 2.75) is 26.5 Å². The molecule has 6 nitrogen and oxygen atoms in total. The number of sulfonamides is 1. The van der Waals surface area contributed by atoms with E-state index in [2.05, 4.69) is 27.9 Å². The lowest BCUT2D eigenvalue weighted by Gasteiger charge is -2.22. The van der Waals surface area contributed by atoms with Gasteiger partial charge in [0, 0.05) is 10.1 Å². The number of nitrogens with one attached hydrogen (secondary N) is 1. The van der Waals surface area contributed by atoms with Gasteiger partial charge in [-0.2, -0.15) is 0 Å². The Hall–Kier alpha value is -1.81. The molecule has 0 unspecified atom stereocenters. The van der Waals surface area contributed by atoms with Gasteiger partial charge in [0.25, 0.3) is 0 Å². The molecule has 0 aliphatic carbocycles. The Morgan fingerprint density at radius 3 is 2.44 bits per heavy atom. The minimum absolute atomic E-state index is 0.0621. The third kappa shape index (κ3) is 7.02. The normalized spacial score (nSPS) is 11.3. The third-order valence-corrected chi connectivity index (χ3v) is 5.42. The molecule has 0 spiro atoms. The number of carbonyl (C=O) groups excluding carboxylic acids is 1. The fourth-order valence-corrected chi connectivity index (χ4v) is 3.61. The van der Waals surface area contributed by atoms with Crippen LogP contribution in [0.15, 0.2) is 48.5 Å². The Bertz CT molecular complexity index is 883. The van der Waals surface area contributed by atoms with Gasteiger partial charge in [0.15, 0.2) is 0 Å². The van der Waals surface area contributed by atoms with E-state index in [1.54, 1.807) is 24.3 Å². The molecule has 1 amide bonds. The molecule has 2 rings (SSSR count). The molecule has 0 radical (unpaired) electrons. The van der Waals surface area contributed by atoms with Gasteiger partial charge in [-0.15, -0.1) is 0 Å². The molecule has 0 aromatic heterocycles. The van der Waals surface area contributed by atoms with Crippen molar-refractivity contribution in [2.75, 3.05) is 17.1 Å². The van der Waals surface area contributed by atoms with Crippen LogP contribution in [0.25, 0.3) is 0 Å². The second kappa shape index (κ2) is 9.41. The van der Waals surface area contributed by atoms with Crippen molar-refractivity contribution in [1.82, 2.24) is 5.32 Å². The number of nitrogens with zero attached hydrogens (tertiary/aromatic N) is 1. The van der Waals surface area contributed by atoms with Crippen LogP contribution >= 0.6 is 22.6 Å². The summed E-state index contributed by atoms with van der Waals surface area (Å²) in [5, 5.41) is 2.76. The maximum absolute atomic E-state index is 12.3. The Kier molecular flexibility index (Phi) is 7.49. The molecule has 0 bridgehead atoms. The van der Waals surface area contributed by atoms with Gasteiger partial charge < -0.3 is 10.1 Å². The van der Waals surface area contributed by atoms with E-state index in [1.807, 2.05) is 38.1 Å². The first kappa shape index (κ1) is 21.5. The van der Waals surface area contributed by atoms with E-state index in [9.17, 15) is 13.2 Å². The summed E-state index contributed by atoms with van der Waals surface area (Å²) in [5.41, 5.74) is 1.34. The van der Waals surface area contributed by atoms with Crippen LogP contribution in [0.5, 0.6) is 5.75 Å². The number of rotatable bonds is 8. The predicted molar refractivity (Wildman–Crippen MR) is 115 cm³/mol. The first-order valence-corrected chi connectivity index (χ1v) is 11.3. The first-order valence-electron chi connectivity index (χ1n) is 8.41. The van der Waals surface area contributed by atoms with E-state index in [0.29, 0.717) is 12.2 Å². The molecular formula is C19H23IN2O4S. The minimum atomic E-state index is -3.58. The van der Waals surface area contributed by atoms with Crippen molar-refractivity contribution in [1.29, 1.82) is 0 Å². The molecule has 146 valence electrons. The Balaban J connectivity index is 2.03. The lowest BCUT2D eigenvalue weighted by Crippen LogP contribution is -2.40. The number of ether oxygens (including phenoxy) is 1. The SMILES string of the molecule is CC(C)Oc1cccc(CNC(=O)CN(c2ccc(I)cc2)S(C)(=O)=O)c1. The second-order valence-electron chi connectivity index (χ2n) is 6.34. The number of benzene rings is 2. The monoisotopic (exact) mass is 502 g/mol. The highest BCUT2D eigenvalue weighted by Gasteiger charge is 2.20. The van der Waals surface area contributed by atoms with Crippen LogP contribution in [0.1, 0.15) is 19.4 Å². The smallest absolute Gasteiger partial charge is 0.241 e. The minimum Gasteiger partial charge on any atom is -0.491 e. The van der Waals surface area contributed by atoms with E-state index in [1.165, 1.54) is 0 Å². The molecule has 2 aromatic carbocycles. The molecule has 0 aliphatic rings. The summed E-state index contributed by atoms with van der Waals surface area (Å²) in [6.45, 7) is 3.90. The van der Waals surface area contributed by atoms with Gasteiger partial charge in [0.1, 0.15) is 12.3 Å². The number of amides is 1. The maximum atomic E-state index is 12.3. The fraction of sp³-hybridized carbons (Fsp3) is 0.316. The summed E-state index contributed by atoms with van der Waals surface area (Å²) < 4.78 is 31.9. The molecule has 0 saturated heterocycles. The summed E-state index contributed by atoms with van der Waals surface area (Å²) in [4.78, 5) is 12.3. The van der Waals surface area contributed by atoms with Crippen LogP contribution in [-0.4, -0.2) is 33.2 Å². The highest BCUT2D eigenvalue weighted by Crippen LogP contribution is 2.19. The van der Waals surface area contributed by atoms with Gasteiger partial charge in [0.05, 0.1) is 18.0 Å². The zero-order chi connectivity index (χ0) is 20.0. The molecule has 2 aromatic rings. The molecule has 0 fully saturated rings. The second-order valence-corrected chi connectivity index (χ2v) is 9.49. The largest absolute Gasteiger partial charge is 0.491 e. The molecular weight excluding hydrogens is 479 g/mol. The zero-order valence-electron chi connectivity index (χ0n) is 15.5. The first-order chi connectivity index (χ1) is 12.6. The Labute approximate surface area is 174 Å². The molecule has 8 heteroatoms. The average Bonchev–Trinajstić information content (AvgIpc) is 2.58. The van der Waals surface area contributed by atoms with Crippen LogP contribution < -0.4 is 14.4 Å². The molecule has 0 saturated carbocycles. The maximum Gasteiger partial charge on any atom is 0.241 e. The lowest BCUT2D eigenvalue weighted by molar-refractivity contribution is -0.119. The number of hydrogen-bond donors (Lipinski definition) is 1. The van der Waals surface area contributed by atoms with Crippen molar-refractivity contribution in [2.24, 2.45) is 0 Å². The summed E-state index contributed by atoms with van der Waals surface area (Å²) in [6.07, 6.45) is 1.15.